The predicted octanol–water partition coefficient (Wildman–Crippen LogP) is 4.08. The van der Waals surface area contributed by atoms with Gasteiger partial charge in [0.25, 0.3) is 5.91 Å². The van der Waals surface area contributed by atoms with Crippen LogP contribution in [0.2, 0.25) is 0 Å². The quantitative estimate of drug-likeness (QED) is 0.873. The second kappa shape index (κ2) is 7.27. The van der Waals surface area contributed by atoms with Crippen molar-refractivity contribution in [1.82, 2.24) is 5.32 Å². The van der Waals surface area contributed by atoms with E-state index in [0.29, 0.717) is 13.2 Å². The molecule has 0 aliphatic heterocycles. The molecule has 0 radical (unpaired) electrons. The molecule has 0 spiro atoms. The van der Waals surface area contributed by atoms with Gasteiger partial charge < -0.3 is 10.1 Å². The fourth-order valence-corrected chi connectivity index (χ4v) is 2.75. The molecule has 0 fully saturated rings. The Kier molecular flexibility index (Phi) is 5.39. The van der Waals surface area contributed by atoms with Crippen molar-refractivity contribution in [3.63, 3.8) is 0 Å². The molecule has 2 aromatic rings. The number of ether oxygens (including phenoxy) is 1. The van der Waals surface area contributed by atoms with Crippen molar-refractivity contribution in [2.24, 2.45) is 0 Å². The molecule has 1 heterocycles. The van der Waals surface area contributed by atoms with Gasteiger partial charge in [-0.25, -0.2) is 0 Å². The standard InChI is InChI=1S/C17H21NO2S/c1-4-8-18-17(19)16-9-14(11-21-16)10-20-15-7-5-6-12(2)13(15)3/h5-7,9,11H,4,8,10H2,1-3H3,(H,18,19). The van der Waals surface area contributed by atoms with Crippen molar-refractivity contribution in [2.45, 2.75) is 33.8 Å². The second-order valence-electron chi connectivity index (χ2n) is 5.06. The maximum Gasteiger partial charge on any atom is 0.261 e. The van der Waals surface area contributed by atoms with Gasteiger partial charge in [-0.05, 0) is 48.9 Å². The Morgan fingerprint density at radius 2 is 2.14 bits per heavy atom. The van der Waals surface area contributed by atoms with Crippen LogP contribution in [0.4, 0.5) is 0 Å². The summed E-state index contributed by atoms with van der Waals surface area (Å²) in [4.78, 5) is 12.6. The highest BCUT2D eigenvalue weighted by Gasteiger charge is 2.09. The summed E-state index contributed by atoms with van der Waals surface area (Å²) in [7, 11) is 0. The molecule has 0 atom stereocenters. The van der Waals surface area contributed by atoms with Gasteiger partial charge in [0.2, 0.25) is 0 Å². The van der Waals surface area contributed by atoms with Gasteiger partial charge in [0, 0.05) is 12.1 Å². The first-order chi connectivity index (χ1) is 10.1. The first kappa shape index (κ1) is 15.6. The van der Waals surface area contributed by atoms with Crippen molar-refractivity contribution >= 4 is 17.2 Å². The van der Waals surface area contributed by atoms with Crippen LogP contribution in [-0.2, 0) is 6.61 Å². The summed E-state index contributed by atoms with van der Waals surface area (Å²) in [6.07, 6.45) is 0.944. The monoisotopic (exact) mass is 303 g/mol. The Balaban J connectivity index is 1.97. The molecule has 2 rings (SSSR count). The highest BCUT2D eigenvalue weighted by atomic mass is 32.1. The third-order valence-corrected chi connectivity index (χ3v) is 4.34. The van der Waals surface area contributed by atoms with E-state index in [4.69, 9.17) is 4.74 Å². The molecule has 21 heavy (non-hydrogen) atoms. The molecule has 1 aromatic carbocycles. The average Bonchev–Trinajstić information content (AvgIpc) is 2.95. The van der Waals surface area contributed by atoms with Gasteiger partial charge in [-0.3, -0.25) is 4.79 Å². The van der Waals surface area contributed by atoms with Crippen LogP contribution < -0.4 is 10.1 Å². The zero-order valence-electron chi connectivity index (χ0n) is 12.7. The lowest BCUT2D eigenvalue weighted by Gasteiger charge is -2.09. The number of amides is 1. The van der Waals surface area contributed by atoms with Crippen molar-refractivity contribution < 1.29 is 9.53 Å². The molecule has 112 valence electrons. The second-order valence-corrected chi connectivity index (χ2v) is 5.97. The number of nitrogens with one attached hydrogen (secondary N) is 1. The van der Waals surface area contributed by atoms with Crippen LogP contribution in [0.1, 0.15) is 39.7 Å². The number of hydrogen-bond donors (Lipinski definition) is 1. The van der Waals surface area contributed by atoms with Gasteiger partial charge in [0.1, 0.15) is 12.4 Å². The fraction of sp³-hybridized carbons (Fsp3) is 0.353. The van der Waals surface area contributed by atoms with E-state index in [1.807, 2.05) is 30.5 Å². The van der Waals surface area contributed by atoms with E-state index in [9.17, 15) is 4.79 Å². The van der Waals surface area contributed by atoms with Crippen LogP contribution in [0.3, 0.4) is 0 Å². The van der Waals surface area contributed by atoms with E-state index in [0.717, 1.165) is 28.2 Å². The van der Waals surface area contributed by atoms with Gasteiger partial charge in [-0.15, -0.1) is 11.3 Å². The molecule has 4 heteroatoms. The predicted molar refractivity (Wildman–Crippen MR) is 87.2 cm³/mol. The van der Waals surface area contributed by atoms with Crippen LogP contribution in [0.15, 0.2) is 29.6 Å². The highest BCUT2D eigenvalue weighted by molar-refractivity contribution is 7.12. The minimum atomic E-state index is -0.000152. The summed E-state index contributed by atoms with van der Waals surface area (Å²) in [6.45, 7) is 7.37. The zero-order chi connectivity index (χ0) is 15.2. The Morgan fingerprint density at radius 3 is 2.90 bits per heavy atom. The molecular weight excluding hydrogens is 282 g/mol. The van der Waals surface area contributed by atoms with Crippen LogP contribution in [-0.4, -0.2) is 12.5 Å². The summed E-state index contributed by atoms with van der Waals surface area (Å²) >= 11 is 1.46. The van der Waals surface area contributed by atoms with Gasteiger partial charge in [0.05, 0.1) is 4.88 Å². The van der Waals surface area contributed by atoms with Crippen molar-refractivity contribution in [2.75, 3.05) is 6.54 Å². The normalized spacial score (nSPS) is 10.4. The summed E-state index contributed by atoms with van der Waals surface area (Å²) in [5.41, 5.74) is 3.41. The number of rotatable bonds is 6. The lowest BCUT2D eigenvalue weighted by molar-refractivity contribution is 0.0957. The van der Waals surface area contributed by atoms with Gasteiger partial charge in [0.15, 0.2) is 0 Å². The topological polar surface area (TPSA) is 38.3 Å². The van der Waals surface area contributed by atoms with E-state index in [1.165, 1.54) is 16.9 Å². The Hall–Kier alpha value is -1.81. The zero-order valence-corrected chi connectivity index (χ0v) is 13.5. The molecule has 0 aliphatic rings. The van der Waals surface area contributed by atoms with Gasteiger partial charge >= 0.3 is 0 Å². The summed E-state index contributed by atoms with van der Waals surface area (Å²) in [6, 6.07) is 7.95. The third-order valence-electron chi connectivity index (χ3n) is 3.36. The van der Waals surface area contributed by atoms with Crippen LogP contribution in [0, 0.1) is 13.8 Å². The summed E-state index contributed by atoms with van der Waals surface area (Å²) in [5, 5.41) is 4.86. The first-order valence-corrected chi connectivity index (χ1v) is 8.04. The maximum absolute atomic E-state index is 11.8. The van der Waals surface area contributed by atoms with Crippen molar-refractivity contribution in [1.29, 1.82) is 0 Å². The lowest BCUT2D eigenvalue weighted by atomic mass is 10.1. The van der Waals surface area contributed by atoms with Crippen molar-refractivity contribution in [3.05, 3.63) is 51.2 Å². The number of benzene rings is 1. The number of carbonyl (C=O) groups excluding carboxylic acids is 1. The largest absolute Gasteiger partial charge is 0.489 e. The molecule has 0 saturated heterocycles. The number of carbonyl (C=O) groups is 1. The van der Waals surface area contributed by atoms with Crippen LogP contribution in [0.25, 0.3) is 0 Å². The Labute approximate surface area is 130 Å². The molecule has 0 bridgehead atoms. The van der Waals surface area contributed by atoms with Crippen LogP contribution >= 0.6 is 11.3 Å². The Bertz CT molecular complexity index is 619. The lowest BCUT2D eigenvalue weighted by Crippen LogP contribution is -2.22. The van der Waals surface area contributed by atoms with Crippen molar-refractivity contribution in [3.8, 4) is 5.75 Å². The summed E-state index contributed by atoms with van der Waals surface area (Å²) in [5.74, 6) is 0.901. The Morgan fingerprint density at radius 1 is 1.33 bits per heavy atom. The highest BCUT2D eigenvalue weighted by Crippen LogP contribution is 2.23. The number of thiophene rings is 1. The van der Waals surface area contributed by atoms with E-state index in [1.54, 1.807) is 0 Å². The molecule has 1 amide bonds. The molecule has 3 nitrogen and oxygen atoms in total. The number of aryl methyl sites for hydroxylation is 1. The van der Waals surface area contributed by atoms with E-state index < -0.39 is 0 Å². The number of hydrogen-bond acceptors (Lipinski definition) is 3. The SMILES string of the molecule is CCCNC(=O)c1cc(COc2cccc(C)c2C)cs1. The molecule has 0 saturated carbocycles. The van der Waals surface area contributed by atoms with E-state index in [2.05, 4.69) is 25.2 Å². The first-order valence-electron chi connectivity index (χ1n) is 7.16. The fourth-order valence-electron chi connectivity index (χ4n) is 1.94. The smallest absolute Gasteiger partial charge is 0.261 e. The maximum atomic E-state index is 11.8. The van der Waals surface area contributed by atoms with E-state index in [-0.39, 0.29) is 5.91 Å². The molecule has 0 aliphatic carbocycles. The third kappa shape index (κ3) is 4.08. The average molecular weight is 303 g/mol. The molecule has 0 unspecified atom stereocenters. The van der Waals surface area contributed by atoms with E-state index >= 15 is 0 Å². The minimum absolute atomic E-state index is 0.000152. The minimum Gasteiger partial charge on any atom is -0.489 e. The van der Waals surface area contributed by atoms with Crippen LogP contribution in [0.5, 0.6) is 5.75 Å². The van der Waals surface area contributed by atoms with Gasteiger partial charge in [-0.2, -0.15) is 0 Å². The van der Waals surface area contributed by atoms with Gasteiger partial charge in [-0.1, -0.05) is 19.1 Å². The molecule has 1 aromatic heterocycles. The molecule has 1 N–H and O–H groups in total. The molecular formula is C17H21NO2S. The summed E-state index contributed by atoms with van der Waals surface area (Å²) < 4.78 is 5.85.